The Morgan fingerprint density at radius 1 is 1.53 bits per heavy atom. The van der Waals surface area contributed by atoms with Gasteiger partial charge >= 0.3 is 0 Å². The molecular weight excluding hydrogens is 218 g/mol. The van der Waals surface area contributed by atoms with Gasteiger partial charge in [0.25, 0.3) is 0 Å². The molecule has 1 aromatic carbocycles. The molecule has 2 nitrogen and oxygen atoms in total. The highest BCUT2D eigenvalue weighted by atomic mass is 32.2. The Kier molecular flexibility index (Phi) is 4.08. The molecule has 0 saturated carbocycles. The molecule has 0 aromatic heterocycles. The van der Waals surface area contributed by atoms with Crippen LogP contribution in [0.25, 0.3) is 0 Å². The lowest BCUT2D eigenvalue weighted by atomic mass is 10.3. The van der Waals surface area contributed by atoms with E-state index in [-0.39, 0.29) is 16.0 Å². The summed E-state index contributed by atoms with van der Waals surface area (Å²) in [5.41, 5.74) is 5.33. The average molecular weight is 230 g/mol. The van der Waals surface area contributed by atoms with Gasteiger partial charge in [0.1, 0.15) is 17.5 Å². The fourth-order valence-corrected chi connectivity index (χ4v) is 2.05. The van der Waals surface area contributed by atoms with Crippen LogP contribution in [-0.4, -0.2) is 11.1 Å². The van der Waals surface area contributed by atoms with Crippen LogP contribution < -0.4 is 5.73 Å². The van der Waals surface area contributed by atoms with Crippen molar-refractivity contribution < 1.29 is 8.78 Å². The van der Waals surface area contributed by atoms with Gasteiger partial charge in [-0.3, -0.25) is 5.41 Å². The first-order valence-electron chi connectivity index (χ1n) is 4.50. The zero-order valence-corrected chi connectivity index (χ0v) is 9.07. The number of hydrogen-bond acceptors (Lipinski definition) is 2. The van der Waals surface area contributed by atoms with E-state index in [2.05, 4.69) is 0 Å². The number of rotatable bonds is 4. The van der Waals surface area contributed by atoms with E-state index in [9.17, 15) is 8.78 Å². The molecule has 1 rings (SSSR count). The summed E-state index contributed by atoms with van der Waals surface area (Å²) in [7, 11) is 0. The van der Waals surface area contributed by atoms with Gasteiger partial charge in [-0.05, 0) is 24.6 Å². The Bertz CT molecular complexity index is 368. The van der Waals surface area contributed by atoms with Gasteiger partial charge in [0.15, 0.2) is 0 Å². The third-order valence-electron chi connectivity index (χ3n) is 1.88. The van der Waals surface area contributed by atoms with Crippen molar-refractivity contribution in [3.05, 3.63) is 29.8 Å². The van der Waals surface area contributed by atoms with E-state index in [4.69, 9.17) is 11.1 Å². The Hall–Kier alpha value is -1.10. The fourth-order valence-electron chi connectivity index (χ4n) is 1.09. The third-order valence-corrected chi connectivity index (χ3v) is 3.32. The second-order valence-corrected chi connectivity index (χ2v) is 4.29. The lowest BCUT2D eigenvalue weighted by Gasteiger charge is -2.12. The van der Waals surface area contributed by atoms with Crippen molar-refractivity contribution in [1.82, 2.24) is 0 Å². The highest BCUT2D eigenvalue weighted by Crippen LogP contribution is 2.28. The first-order chi connectivity index (χ1) is 7.04. The minimum atomic E-state index is -0.489. The molecule has 0 spiro atoms. The molecule has 0 radical (unpaired) electrons. The van der Waals surface area contributed by atoms with Gasteiger partial charge in [0.05, 0.1) is 5.25 Å². The molecule has 1 atom stereocenters. The summed E-state index contributed by atoms with van der Waals surface area (Å²) in [6.45, 7) is 1.84. The molecule has 0 fully saturated rings. The first-order valence-corrected chi connectivity index (χ1v) is 5.38. The van der Waals surface area contributed by atoms with Crippen LogP contribution in [-0.2, 0) is 0 Å². The van der Waals surface area contributed by atoms with Crippen molar-refractivity contribution in [2.24, 2.45) is 5.73 Å². The standard InChI is InChI=1S/C10H12F2N2S/c1-2-8(10(13)14)15-9-5-6(11)3-4-7(9)12/h3-5,8H,2H2,1H3,(H3,13,14). The summed E-state index contributed by atoms with van der Waals surface area (Å²) in [4.78, 5) is 0.192. The van der Waals surface area contributed by atoms with E-state index in [1.165, 1.54) is 0 Å². The molecule has 15 heavy (non-hydrogen) atoms. The van der Waals surface area contributed by atoms with Crippen LogP contribution in [0.2, 0.25) is 0 Å². The number of hydrogen-bond donors (Lipinski definition) is 2. The third kappa shape index (κ3) is 3.20. The maximum Gasteiger partial charge on any atom is 0.136 e. The highest BCUT2D eigenvalue weighted by molar-refractivity contribution is 8.00. The van der Waals surface area contributed by atoms with Crippen LogP contribution in [0.5, 0.6) is 0 Å². The zero-order valence-electron chi connectivity index (χ0n) is 8.26. The van der Waals surface area contributed by atoms with Crippen LogP contribution >= 0.6 is 11.8 Å². The predicted molar refractivity (Wildman–Crippen MR) is 58.2 cm³/mol. The molecule has 0 aliphatic rings. The summed E-state index contributed by atoms with van der Waals surface area (Å²) in [6, 6.07) is 3.25. The minimum Gasteiger partial charge on any atom is -0.387 e. The van der Waals surface area contributed by atoms with Gasteiger partial charge in [-0.15, -0.1) is 11.8 Å². The topological polar surface area (TPSA) is 49.9 Å². The molecule has 0 amide bonds. The van der Waals surface area contributed by atoms with Crippen molar-refractivity contribution in [1.29, 1.82) is 5.41 Å². The fraction of sp³-hybridized carbons (Fsp3) is 0.300. The Labute approximate surface area is 91.4 Å². The molecule has 1 aromatic rings. The largest absolute Gasteiger partial charge is 0.387 e. The lowest BCUT2D eigenvalue weighted by molar-refractivity contribution is 0.577. The van der Waals surface area contributed by atoms with E-state index < -0.39 is 11.6 Å². The quantitative estimate of drug-likeness (QED) is 0.474. The van der Waals surface area contributed by atoms with E-state index in [0.717, 1.165) is 30.0 Å². The van der Waals surface area contributed by atoms with Gasteiger partial charge in [0.2, 0.25) is 0 Å². The van der Waals surface area contributed by atoms with Crippen LogP contribution in [0.1, 0.15) is 13.3 Å². The van der Waals surface area contributed by atoms with E-state index in [0.29, 0.717) is 6.42 Å². The number of nitrogens with one attached hydrogen (secondary N) is 1. The van der Waals surface area contributed by atoms with Crippen LogP contribution in [0.4, 0.5) is 8.78 Å². The summed E-state index contributed by atoms with van der Waals surface area (Å²) in [5, 5.41) is 6.96. The van der Waals surface area contributed by atoms with Gasteiger partial charge in [-0.1, -0.05) is 6.92 Å². The second kappa shape index (κ2) is 5.11. The molecule has 1 unspecified atom stereocenters. The second-order valence-electron chi connectivity index (χ2n) is 3.04. The molecule has 0 aliphatic carbocycles. The minimum absolute atomic E-state index is 0.0221. The summed E-state index contributed by atoms with van der Waals surface area (Å²) in [6.07, 6.45) is 0.607. The number of benzene rings is 1. The molecule has 0 aliphatic heterocycles. The van der Waals surface area contributed by atoms with Gasteiger partial charge < -0.3 is 5.73 Å². The number of thioether (sulfide) groups is 1. The smallest absolute Gasteiger partial charge is 0.136 e. The van der Waals surface area contributed by atoms with Crippen molar-refractivity contribution in [2.75, 3.05) is 0 Å². The summed E-state index contributed by atoms with van der Waals surface area (Å²) in [5.74, 6) is -0.996. The number of amidine groups is 1. The van der Waals surface area contributed by atoms with Gasteiger partial charge in [-0.2, -0.15) is 0 Å². The van der Waals surface area contributed by atoms with Crippen molar-refractivity contribution in [3.63, 3.8) is 0 Å². The van der Waals surface area contributed by atoms with Crippen LogP contribution in [0.15, 0.2) is 23.1 Å². The monoisotopic (exact) mass is 230 g/mol. The van der Waals surface area contributed by atoms with E-state index in [1.807, 2.05) is 6.92 Å². The lowest BCUT2D eigenvalue weighted by Crippen LogP contribution is -2.24. The normalized spacial score (nSPS) is 12.5. The van der Waals surface area contributed by atoms with Crippen LogP contribution in [0.3, 0.4) is 0 Å². The number of halogens is 2. The average Bonchev–Trinajstić information content (AvgIpc) is 2.18. The van der Waals surface area contributed by atoms with Crippen LogP contribution in [0, 0.1) is 17.0 Å². The molecule has 0 bridgehead atoms. The highest BCUT2D eigenvalue weighted by Gasteiger charge is 2.14. The number of nitrogens with two attached hydrogens (primary N) is 1. The van der Waals surface area contributed by atoms with Gasteiger partial charge in [0, 0.05) is 4.90 Å². The Morgan fingerprint density at radius 2 is 2.20 bits per heavy atom. The Balaban J connectivity index is 2.87. The molecule has 0 heterocycles. The predicted octanol–water partition coefficient (Wildman–Crippen LogP) is 2.77. The molecule has 5 heteroatoms. The summed E-state index contributed by atoms with van der Waals surface area (Å²) < 4.78 is 26.1. The molecular formula is C10H12F2N2S. The van der Waals surface area contributed by atoms with Crippen molar-refractivity contribution in [2.45, 2.75) is 23.5 Å². The zero-order chi connectivity index (χ0) is 11.4. The van der Waals surface area contributed by atoms with E-state index >= 15 is 0 Å². The first kappa shape index (κ1) is 12.0. The molecule has 82 valence electrons. The maximum atomic E-state index is 13.2. The molecule has 3 N–H and O–H groups in total. The van der Waals surface area contributed by atoms with E-state index in [1.54, 1.807) is 0 Å². The SMILES string of the molecule is CCC(Sc1cc(F)ccc1F)C(=N)N. The van der Waals surface area contributed by atoms with Crippen molar-refractivity contribution >= 4 is 17.6 Å². The Morgan fingerprint density at radius 3 is 2.73 bits per heavy atom. The van der Waals surface area contributed by atoms with Gasteiger partial charge in [-0.25, -0.2) is 8.78 Å². The van der Waals surface area contributed by atoms with Crippen molar-refractivity contribution in [3.8, 4) is 0 Å². The maximum absolute atomic E-state index is 13.2. The molecule has 0 saturated heterocycles. The summed E-state index contributed by atoms with van der Waals surface area (Å²) >= 11 is 1.07.